The van der Waals surface area contributed by atoms with Gasteiger partial charge < -0.3 is 9.13 Å². The topological polar surface area (TPSA) is 48.5 Å². The first-order valence-corrected chi connectivity index (χ1v) is 12.5. The van der Waals surface area contributed by atoms with E-state index in [1.165, 1.54) is 0 Å². The lowest BCUT2D eigenvalue weighted by molar-refractivity contribution is 0.682. The van der Waals surface area contributed by atoms with Crippen molar-refractivity contribution in [3.05, 3.63) is 96.7 Å². The molecule has 5 aromatic rings. The predicted octanol–water partition coefficient (Wildman–Crippen LogP) is 6.40. The molecule has 0 N–H and O–H groups in total. The monoisotopic (exact) mass is 469 g/mol. The van der Waals surface area contributed by atoms with E-state index in [-0.39, 0.29) is 0 Å². The molecular formula is C26H23N5S2. The Hall–Kier alpha value is -3.42. The van der Waals surface area contributed by atoms with Crippen LogP contribution in [0.15, 0.2) is 96.0 Å². The van der Waals surface area contributed by atoms with Gasteiger partial charge in [-0.25, -0.2) is 4.98 Å². The largest absolute Gasteiger partial charge is 0.315 e. The number of hydrogen-bond acceptors (Lipinski definition) is 5. The summed E-state index contributed by atoms with van der Waals surface area (Å²) in [5.41, 5.74) is 4.25. The van der Waals surface area contributed by atoms with E-state index in [9.17, 15) is 0 Å². The van der Waals surface area contributed by atoms with Gasteiger partial charge >= 0.3 is 0 Å². The molecule has 33 heavy (non-hydrogen) atoms. The summed E-state index contributed by atoms with van der Waals surface area (Å²) in [6, 6.07) is 25.0. The SMILES string of the molecule is C=CCSc1nnc(Cn2c(-c3cccs3)nc(-c3ccccc3)c2-c2ccccc2)n1C. The summed E-state index contributed by atoms with van der Waals surface area (Å²) in [6.45, 7) is 4.37. The van der Waals surface area contributed by atoms with E-state index in [1.54, 1.807) is 23.1 Å². The molecule has 0 bridgehead atoms. The number of rotatable bonds is 8. The molecule has 0 radical (unpaired) electrons. The van der Waals surface area contributed by atoms with Gasteiger partial charge in [-0.05, 0) is 11.4 Å². The standard InChI is InChI=1S/C26H23N5S2/c1-3-16-33-26-29-28-22(30(26)2)18-31-24(20-13-8-5-9-14-20)23(19-11-6-4-7-12-19)27-25(31)21-15-10-17-32-21/h3-15,17H,1,16,18H2,2H3. The van der Waals surface area contributed by atoms with Crippen LogP contribution in [-0.2, 0) is 13.6 Å². The van der Waals surface area contributed by atoms with Gasteiger partial charge in [0.15, 0.2) is 16.8 Å². The molecule has 3 aromatic heterocycles. The van der Waals surface area contributed by atoms with Crippen LogP contribution in [-0.4, -0.2) is 30.1 Å². The van der Waals surface area contributed by atoms with E-state index < -0.39 is 0 Å². The molecule has 0 spiro atoms. The van der Waals surface area contributed by atoms with Crippen LogP contribution in [0.5, 0.6) is 0 Å². The van der Waals surface area contributed by atoms with Crippen LogP contribution >= 0.6 is 23.1 Å². The third-order valence-corrected chi connectivity index (χ3v) is 7.24. The van der Waals surface area contributed by atoms with Gasteiger partial charge in [0.25, 0.3) is 0 Å². The molecule has 164 valence electrons. The van der Waals surface area contributed by atoms with Gasteiger partial charge in [-0.3, -0.25) is 0 Å². The smallest absolute Gasteiger partial charge is 0.191 e. The Bertz CT molecular complexity index is 1350. The maximum atomic E-state index is 5.18. The van der Waals surface area contributed by atoms with Crippen molar-refractivity contribution < 1.29 is 0 Å². The fourth-order valence-corrected chi connectivity index (χ4v) is 5.16. The second kappa shape index (κ2) is 9.60. The van der Waals surface area contributed by atoms with Crippen LogP contribution in [0.3, 0.4) is 0 Å². The van der Waals surface area contributed by atoms with E-state index >= 15 is 0 Å². The normalized spacial score (nSPS) is 11.1. The highest BCUT2D eigenvalue weighted by molar-refractivity contribution is 7.99. The highest BCUT2D eigenvalue weighted by atomic mass is 32.2. The molecule has 5 rings (SSSR count). The number of nitrogens with zero attached hydrogens (tertiary/aromatic N) is 5. The zero-order valence-electron chi connectivity index (χ0n) is 18.3. The van der Waals surface area contributed by atoms with E-state index in [1.807, 2.05) is 25.3 Å². The van der Waals surface area contributed by atoms with Gasteiger partial charge in [-0.1, -0.05) is 84.6 Å². The van der Waals surface area contributed by atoms with Crippen molar-refractivity contribution in [2.45, 2.75) is 11.7 Å². The highest BCUT2D eigenvalue weighted by Gasteiger charge is 2.23. The molecule has 0 aliphatic carbocycles. The van der Waals surface area contributed by atoms with E-state index in [4.69, 9.17) is 4.98 Å². The quantitative estimate of drug-likeness (QED) is 0.195. The van der Waals surface area contributed by atoms with Crippen molar-refractivity contribution in [2.75, 3.05) is 5.75 Å². The van der Waals surface area contributed by atoms with Crippen molar-refractivity contribution in [3.8, 4) is 33.2 Å². The van der Waals surface area contributed by atoms with Gasteiger partial charge in [0.1, 0.15) is 0 Å². The number of imidazole rings is 1. The maximum absolute atomic E-state index is 5.18. The molecule has 3 heterocycles. The summed E-state index contributed by atoms with van der Waals surface area (Å²) in [6.07, 6.45) is 1.88. The Kier molecular flexibility index (Phi) is 6.24. The minimum atomic E-state index is 0.565. The van der Waals surface area contributed by atoms with Crippen LogP contribution in [0.2, 0.25) is 0 Å². The number of benzene rings is 2. The second-order valence-corrected chi connectivity index (χ2v) is 9.42. The van der Waals surface area contributed by atoms with Crippen LogP contribution in [0.4, 0.5) is 0 Å². The minimum absolute atomic E-state index is 0.565. The second-order valence-electron chi connectivity index (χ2n) is 7.49. The fourth-order valence-electron chi connectivity index (χ4n) is 3.77. The molecule has 0 amide bonds. The van der Waals surface area contributed by atoms with Gasteiger partial charge in [-0.15, -0.1) is 28.1 Å². The Labute approximate surface area is 201 Å². The van der Waals surface area contributed by atoms with E-state index in [2.05, 4.69) is 92.0 Å². The summed E-state index contributed by atoms with van der Waals surface area (Å²) in [4.78, 5) is 6.30. The van der Waals surface area contributed by atoms with Crippen molar-refractivity contribution in [1.82, 2.24) is 24.3 Å². The average Bonchev–Trinajstić information content (AvgIpc) is 3.59. The molecule has 0 atom stereocenters. The Balaban J connectivity index is 1.71. The first-order valence-electron chi connectivity index (χ1n) is 10.6. The predicted molar refractivity (Wildman–Crippen MR) is 137 cm³/mol. The summed E-state index contributed by atoms with van der Waals surface area (Å²) in [5.74, 6) is 2.62. The van der Waals surface area contributed by atoms with Crippen molar-refractivity contribution in [2.24, 2.45) is 7.05 Å². The lowest BCUT2D eigenvalue weighted by atomic mass is 10.0. The molecule has 0 saturated heterocycles. The van der Waals surface area contributed by atoms with Crippen LogP contribution in [0.1, 0.15) is 5.82 Å². The molecule has 0 aliphatic rings. The zero-order chi connectivity index (χ0) is 22.6. The van der Waals surface area contributed by atoms with Gasteiger partial charge in [0, 0.05) is 23.9 Å². The summed E-state index contributed by atoms with van der Waals surface area (Å²) in [7, 11) is 2.02. The molecule has 7 heteroatoms. The number of thioether (sulfide) groups is 1. The molecular weight excluding hydrogens is 446 g/mol. The number of hydrogen-bond donors (Lipinski definition) is 0. The lowest BCUT2D eigenvalue weighted by Gasteiger charge is -2.13. The Morgan fingerprint density at radius 3 is 2.33 bits per heavy atom. The fraction of sp³-hybridized carbons (Fsp3) is 0.115. The maximum Gasteiger partial charge on any atom is 0.191 e. The first-order chi connectivity index (χ1) is 16.3. The third-order valence-electron chi connectivity index (χ3n) is 5.36. The van der Waals surface area contributed by atoms with Gasteiger partial charge in [0.2, 0.25) is 0 Å². The molecule has 2 aromatic carbocycles. The van der Waals surface area contributed by atoms with Crippen molar-refractivity contribution >= 4 is 23.1 Å². The van der Waals surface area contributed by atoms with Gasteiger partial charge in [0.05, 0.1) is 22.8 Å². The molecule has 0 aliphatic heterocycles. The van der Waals surface area contributed by atoms with E-state index in [0.29, 0.717) is 6.54 Å². The molecule has 0 saturated carbocycles. The molecule has 0 unspecified atom stereocenters. The molecule has 5 nitrogen and oxygen atoms in total. The van der Waals surface area contributed by atoms with E-state index in [0.717, 1.165) is 50.0 Å². The minimum Gasteiger partial charge on any atom is -0.315 e. The first kappa shape index (κ1) is 21.4. The average molecular weight is 470 g/mol. The summed E-state index contributed by atoms with van der Waals surface area (Å²) < 4.78 is 4.33. The van der Waals surface area contributed by atoms with Crippen molar-refractivity contribution in [3.63, 3.8) is 0 Å². The molecule has 0 fully saturated rings. The summed E-state index contributed by atoms with van der Waals surface area (Å²) in [5, 5.41) is 11.9. The lowest BCUT2D eigenvalue weighted by Crippen LogP contribution is -2.09. The van der Waals surface area contributed by atoms with Gasteiger partial charge in [-0.2, -0.15) is 0 Å². The number of thiophene rings is 1. The van der Waals surface area contributed by atoms with Crippen LogP contribution in [0, 0.1) is 0 Å². The Morgan fingerprint density at radius 1 is 0.939 bits per heavy atom. The third kappa shape index (κ3) is 4.29. The zero-order valence-corrected chi connectivity index (χ0v) is 19.9. The summed E-state index contributed by atoms with van der Waals surface area (Å²) >= 11 is 3.32. The van der Waals surface area contributed by atoms with Crippen molar-refractivity contribution in [1.29, 1.82) is 0 Å². The van der Waals surface area contributed by atoms with Crippen LogP contribution < -0.4 is 0 Å². The number of aromatic nitrogens is 5. The highest BCUT2D eigenvalue weighted by Crippen LogP contribution is 2.38. The Morgan fingerprint density at radius 2 is 1.67 bits per heavy atom. The van der Waals surface area contributed by atoms with Crippen LogP contribution in [0.25, 0.3) is 33.2 Å².